The molecule has 5 heteroatoms. The van der Waals surface area contributed by atoms with Crippen LogP contribution in [-0.2, 0) is 11.2 Å². The summed E-state index contributed by atoms with van der Waals surface area (Å²) in [6.07, 6.45) is 2.56. The average molecular weight is 348 g/mol. The molecule has 1 atom stereocenters. The maximum atomic E-state index is 12.6. The molecule has 1 aromatic heterocycles. The smallest absolute Gasteiger partial charge is 0.225 e. The van der Waals surface area contributed by atoms with Crippen LogP contribution in [-0.4, -0.2) is 27.3 Å². The van der Waals surface area contributed by atoms with Gasteiger partial charge in [0.05, 0.1) is 12.0 Å². The molecule has 110 valence electrons. The first kappa shape index (κ1) is 14.3. The van der Waals surface area contributed by atoms with E-state index >= 15 is 0 Å². The van der Waals surface area contributed by atoms with Gasteiger partial charge in [0.15, 0.2) is 0 Å². The fraction of sp³-hybridized carbons (Fsp3) is 0.375. The number of carbonyl (C=O) groups is 1. The minimum atomic E-state index is -0.0944. The van der Waals surface area contributed by atoms with E-state index in [-0.39, 0.29) is 17.9 Å². The summed E-state index contributed by atoms with van der Waals surface area (Å²) in [5.74, 6) is 0.167. The number of H-pyrrole nitrogens is 1. The molecule has 3 rings (SSSR count). The Morgan fingerprint density at radius 1 is 1.38 bits per heavy atom. The summed E-state index contributed by atoms with van der Waals surface area (Å²) in [6.45, 7) is 4.62. The van der Waals surface area contributed by atoms with Crippen molar-refractivity contribution in [2.24, 2.45) is 5.92 Å². The van der Waals surface area contributed by atoms with Crippen molar-refractivity contribution in [1.82, 2.24) is 14.9 Å². The van der Waals surface area contributed by atoms with Crippen molar-refractivity contribution < 1.29 is 4.79 Å². The van der Waals surface area contributed by atoms with Gasteiger partial charge in [-0.1, -0.05) is 41.9 Å². The average Bonchev–Trinajstić information content (AvgIpc) is 2.94. The van der Waals surface area contributed by atoms with Crippen LogP contribution >= 0.6 is 15.9 Å². The number of imidazole rings is 1. The minimum Gasteiger partial charge on any atom is -0.348 e. The number of halogens is 1. The molecule has 0 bridgehead atoms. The Bertz CT molecular complexity index is 648. The Labute approximate surface area is 132 Å². The van der Waals surface area contributed by atoms with Crippen molar-refractivity contribution in [2.75, 3.05) is 6.54 Å². The second kappa shape index (κ2) is 5.64. The third-order valence-corrected chi connectivity index (χ3v) is 4.42. The van der Waals surface area contributed by atoms with E-state index in [0.29, 0.717) is 0 Å². The Hall–Kier alpha value is -1.62. The van der Waals surface area contributed by atoms with Crippen molar-refractivity contribution in [3.63, 3.8) is 0 Å². The first-order chi connectivity index (χ1) is 10.1. The summed E-state index contributed by atoms with van der Waals surface area (Å²) in [4.78, 5) is 22.2. The van der Waals surface area contributed by atoms with Crippen molar-refractivity contribution in [1.29, 1.82) is 0 Å². The highest BCUT2D eigenvalue weighted by Crippen LogP contribution is 2.34. The van der Waals surface area contributed by atoms with Crippen molar-refractivity contribution >= 4 is 21.8 Å². The zero-order valence-corrected chi connectivity index (χ0v) is 13.7. The number of aromatic nitrogens is 2. The van der Waals surface area contributed by atoms with E-state index in [4.69, 9.17) is 0 Å². The number of hydrogen-bond donors (Lipinski definition) is 1. The standard InChI is InChI=1S/C16H18BrN3O/c1-10(2)16(21)20-8-7-13-14(19-9-18-13)15(20)11-3-5-12(17)6-4-11/h3-6,9-10,15H,7-8H2,1-2H3,(H,18,19). The molecule has 1 aromatic carbocycles. The maximum absolute atomic E-state index is 12.6. The number of aromatic amines is 1. The fourth-order valence-electron chi connectivity index (χ4n) is 2.83. The molecule has 2 aromatic rings. The molecule has 1 unspecified atom stereocenters. The van der Waals surface area contributed by atoms with Crippen LogP contribution < -0.4 is 0 Å². The van der Waals surface area contributed by atoms with E-state index in [1.165, 1.54) is 0 Å². The number of nitrogens with zero attached hydrogens (tertiary/aromatic N) is 2. The van der Waals surface area contributed by atoms with Crippen LogP contribution in [0.15, 0.2) is 35.1 Å². The van der Waals surface area contributed by atoms with E-state index in [1.54, 1.807) is 6.33 Å². The summed E-state index contributed by atoms with van der Waals surface area (Å²) in [6, 6.07) is 8.03. The number of nitrogens with one attached hydrogen (secondary N) is 1. The highest BCUT2D eigenvalue weighted by Gasteiger charge is 2.34. The molecule has 1 aliphatic heterocycles. The summed E-state index contributed by atoms with van der Waals surface area (Å²) in [5, 5.41) is 0. The number of hydrogen-bond acceptors (Lipinski definition) is 2. The Morgan fingerprint density at radius 2 is 2.10 bits per heavy atom. The van der Waals surface area contributed by atoms with Gasteiger partial charge in [-0.3, -0.25) is 4.79 Å². The number of carbonyl (C=O) groups excluding carboxylic acids is 1. The third kappa shape index (κ3) is 2.62. The molecule has 2 heterocycles. The van der Waals surface area contributed by atoms with Gasteiger partial charge in [0, 0.05) is 29.1 Å². The molecular formula is C16H18BrN3O. The van der Waals surface area contributed by atoms with E-state index < -0.39 is 0 Å². The summed E-state index contributed by atoms with van der Waals surface area (Å²) in [7, 11) is 0. The van der Waals surface area contributed by atoms with Crippen molar-refractivity contribution in [3.8, 4) is 0 Å². The number of amides is 1. The quantitative estimate of drug-likeness (QED) is 0.905. The van der Waals surface area contributed by atoms with Crippen LogP contribution in [0.2, 0.25) is 0 Å². The van der Waals surface area contributed by atoms with Gasteiger partial charge in [0.1, 0.15) is 6.04 Å². The minimum absolute atomic E-state index is 0.0107. The monoisotopic (exact) mass is 347 g/mol. The van der Waals surface area contributed by atoms with E-state index in [0.717, 1.165) is 34.4 Å². The molecule has 0 aliphatic carbocycles. The van der Waals surface area contributed by atoms with Gasteiger partial charge in [-0.2, -0.15) is 0 Å². The van der Waals surface area contributed by atoms with Crippen LogP contribution in [0.1, 0.15) is 36.8 Å². The number of rotatable bonds is 2. The SMILES string of the molecule is CC(C)C(=O)N1CCc2[nH]cnc2C1c1ccc(Br)cc1. The molecule has 0 saturated heterocycles. The van der Waals surface area contributed by atoms with Crippen LogP contribution in [0, 0.1) is 5.92 Å². The van der Waals surface area contributed by atoms with Gasteiger partial charge in [-0.25, -0.2) is 4.98 Å². The zero-order valence-electron chi connectivity index (χ0n) is 12.1. The molecule has 1 amide bonds. The van der Waals surface area contributed by atoms with Crippen molar-refractivity contribution in [3.05, 3.63) is 52.0 Å². The topological polar surface area (TPSA) is 49.0 Å². The Balaban J connectivity index is 2.06. The molecule has 4 nitrogen and oxygen atoms in total. The van der Waals surface area contributed by atoms with Gasteiger partial charge in [-0.05, 0) is 17.7 Å². The highest BCUT2D eigenvalue weighted by molar-refractivity contribution is 9.10. The lowest BCUT2D eigenvalue weighted by molar-refractivity contribution is -0.136. The highest BCUT2D eigenvalue weighted by atomic mass is 79.9. The molecule has 0 saturated carbocycles. The molecule has 0 radical (unpaired) electrons. The molecule has 1 N–H and O–H groups in total. The number of fused-ring (bicyclic) bond motifs is 1. The van der Waals surface area contributed by atoms with Gasteiger partial charge >= 0.3 is 0 Å². The Morgan fingerprint density at radius 3 is 2.76 bits per heavy atom. The van der Waals surface area contributed by atoms with Gasteiger partial charge in [0.2, 0.25) is 5.91 Å². The van der Waals surface area contributed by atoms with Crippen LogP contribution in [0.3, 0.4) is 0 Å². The van der Waals surface area contributed by atoms with Crippen LogP contribution in [0.5, 0.6) is 0 Å². The Kier molecular flexibility index (Phi) is 3.85. The van der Waals surface area contributed by atoms with Crippen LogP contribution in [0.25, 0.3) is 0 Å². The lowest BCUT2D eigenvalue weighted by Crippen LogP contribution is -2.42. The van der Waals surface area contributed by atoms with Crippen LogP contribution in [0.4, 0.5) is 0 Å². The van der Waals surface area contributed by atoms with E-state index in [1.807, 2.05) is 30.9 Å². The first-order valence-corrected chi connectivity index (χ1v) is 7.95. The van der Waals surface area contributed by atoms with Gasteiger partial charge in [-0.15, -0.1) is 0 Å². The third-order valence-electron chi connectivity index (χ3n) is 3.89. The predicted molar refractivity (Wildman–Crippen MR) is 84.8 cm³/mol. The van der Waals surface area contributed by atoms with E-state index in [9.17, 15) is 4.79 Å². The lowest BCUT2D eigenvalue weighted by Gasteiger charge is -2.36. The normalized spacial score (nSPS) is 17.9. The maximum Gasteiger partial charge on any atom is 0.225 e. The number of benzene rings is 1. The fourth-order valence-corrected chi connectivity index (χ4v) is 3.09. The second-order valence-electron chi connectivity index (χ2n) is 5.66. The predicted octanol–water partition coefficient (Wildman–Crippen LogP) is 3.30. The molecule has 0 fully saturated rings. The molecule has 1 aliphatic rings. The van der Waals surface area contributed by atoms with Gasteiger partial charge < -0.3 is 9.88 Å². The zero-order chi connectivity index (χ0) is 15.0. The molecular weight excluding hydrogens is 330 g/mol. The summed E-state index contributed by atoms with van der Waals surface area (Å²) < 4.78 is 1.03. The largest absolute Gasteiger partial charge is 0.348 e. The summed E-state index contributed by atoms with van der Waals surface area (Å²) in [5.41, 5.74) is 3.20. The summed E-state index contributed by atoms with van der Waals surface area (Å²) >= 11 is 3.46. The van der Waals surface area contributed by atoms with Crippen molar-refractivity contribution in [2.45, 2.75) is 26.3 Å². The second-order valence-corrected chi connectivity index (χ2v) is 6.57. The first-order valence-electron chi connectivity index (χ1n) is 7.16. The molecule has 0 spiro atoms. The molecule has 21 heavy (non-hydrogen) atoms. The van der Waals surface area contributed by atoms with Gasteiger partial charge in [0.25, 0.3) is 0 Å². The lowest BCUT2D eigenvalue weighted by atomic mass is 9.94. The van der Waals surface area contributed by atoms with E-state index in [2.05, 4.69) is 38.0 Å².